The topological polar surface area (TPSA) is 18.5 Å². The number of rotatable bonds is 2. The zero-order chi connectivity index (χ0) is 14.9. The van der Waals surface area contributed by atoms with Crippen molar-refractivity contribution in [1.29, 1.82) is 0 Å². The van der Waals surface area contributed by atoms with Gasteiger partial charge in [-0.15, -0.1) is 0 Å². The lowest BCUT2D eigenvalue weighted by molar-refractivity contribution is -0.108. The molecule has 1 atom stereocenters. The molecule has 1 saturated carbocycles. The van der Waals surface area contributed by atoms with Crippen molar-refractivity contribution in [2.75, 3.05) is 6.61 Å². The van der Waals surface area contributed by atoms with E-state index in [1.54, 1.807) is 0 Å². The highest BCUT2D eigenvalue weighted by Gasteiger charge is 2.40. The van der Waals surface area contributed by atoms with Crippen LogP contribution in [0.2, 0.25) is 0 Å². The van der Waals surface area contributed by atoms with Crippen LogP contribution in [0.1, 0.15) is 64.9 Å². The van der Waals surface area contributed by atoms with Gasteiger partial charge in [0.05, 0.1) is 12.2 Å². The van der Waals surface area contributed by atoms with Crippen LogP contribution in [0.25, 0.3) is 0 Å². The highest BCUT2D eigenvalue weighted by atomic mass is 16.5. The number of hydrogen-bond acceptors (Lipinski definition) is 2. The van der Waals surface area contributed by atoms with E-state index in [4.69, 9.17) is 9.47 Å². The van der Waals surface area contributed by atoms with Gasteiger partial charge in [0.2, 0.25) is 0 Å². The minimum atomic E-state index is 0.118. The normalized spacial score (nSPS) is 25.2. The molecule has 3 rings (SSSR count). The van der Waals surface area contributed by atoms with Gasteiger partial charge in [0.15, 0.2) is 0 Å². The van der Waals surface area contributed by atoms with E-state index in [-0.39, 0.29) is 11.0 Å². The van der Waals surface area contributed by atoms with Gasteiger partial charge in [0, 0.05) is 12.8 Å². The van der Waals surface area contributed by atoms with Gasteiger partial charge in [-0.3, -0.25) is 0 Å². The van der Waals surface area contributed by atoms with E-state index in [9.17, 15) is 0 Å². The van der Waals surface area contributed by atoms with Crippen LogP contribution in [-0.4, -0.2) is 18.3 Å². The second-order valence-corrected chi connectivity index (χ2v) is 7.72. The second-order valence-electron chi connectivity index (χ2n) is 7.72. The third kappa shape index (κ3) is 3.26. The van der Waals surface area contributed by atoms with Gasteiger partial charge in [-0.25, -0.2) is 0 Å². The maximum atomic E-state index is 6.42. The molecular formula is C19H28O2. The summed E-state index contributed by atoms with van der Waals surface area (Å²) in [6.45, 7) is 7.59. The maximum Gasteiger partial charge on any atom is 0.123 e. The first-order valence-electron chi connectivity index (χ1n) is 8.39. The van der Waals surface area contributed by atoms with E-state index < -0.39 is 0 Å². The van der Waals surface area contributed by atoms with Crippen molar-refractivity contribution in [1.82, 2.24) is 0 Å². The average Bonchev–Trinajstić information content (AvgIpc) is 2.86. The minimum Gasteiger partial charge on any atom is -0.490 e. The molecule has 0 radical (unpaired) electrons. The zero-order valence-electron chi connectivity index (χ0n) is 13.7. The molecule has 1 saturated heterocycles. The SMILES string of the molecule is CC(C)(C)c1ccccc1OC1CCOC2(CCCC2)C1. The standard InChI is InChI=1S/C19H28O2/c1-18(2,3)16-8-4-5-9-17(16)21-15-10-13-20-19(14-15)11-6-7-12-19/h4-5,8-9,15H,6-7,10-14H2,1-3H3. The van der Waals surface area contributed by atoms with E-state index in [2.05, 4.69) is 45.0 Å². The first kappa shape index (κ1) is 14.9. The highest BCUT2D eigenvalue weighted by Crippen LogP contribution is 2.41. The van der Waals surface area contributed by atoms with E-state index in [1.165, 1.54) is 31.2 Å². The van der Waals surface area contributed by atoms with Gasteiger partial charge >= 0.3 is 0 Å². The van der Waals surface area contributed by atoms with Crippen LogP contribution in [0.4, 0.5) is 0 Å². The quantitative estimate of drug-likeness (QED) is 0.774. The first-order chi connectivity index (χ1) is 9.99. The van der Waals surface area contributed by atoms with Crippen molar-refractivity contribution in [3.8, 4) is 5.75 Å². The van der Waals surface area contributed by atoms with Gasteiger partial charge in [0.25, 0.3) is 0 Å². The Morgan fingerprint density at radius 1 is 1.14 bits per heavy atom. The summed E-state index contributed by atoms with van der Waals surface area (Å²) in [4.78, 5) is 0. The van der Waals surface area contributed by atoms with Crippen LogP contribution in [-0.2, 0) is 10.2 Å². The van der Waals surface area contributed by atoms with E-state index in [0.717, 1.165) is 25.2 Å². The van der Waals surface area contributed by atoms with Crippen LogP contribution >= 0.6 is 0 Å². The van der Waals surface area contributed by atoms with Crippen LogP contribution in [0, 0.1) is 0 Å². The fraction of sp³-hybridized carbons (Fsp3) is 0.684. The van der Waals surface area contributed by atoms with Gasteiger partial charge in [-0.1, -0.05) is 51.8 Å². The summed E-state index contributed by atoms with van der Waals surface area (Å²) in [7, 11) is 0. The van der Waals surface area contributed by atoms with Crippen molar-refractivity contribution in [3.63, 3.8) is 0 Å². The third-order valence-corrected chi connectivity index (χ3v) is 4.95. The molecule has 1 aromatic rings. The average molecular weight is 288 g/mol. The molecule has 1 aliphatic heterocycles. The summed E-state index contributed by atoms with van der Waals surface area (Å²) in [6, 6.07) is 8.50. The molecule has 2 aliphatic rings. The summed E-state index contributed by atoms with van der Waals surface area (Å²) in [6.07, 6.45) is 7.43. The number of hydrogen-bond donors (Lipinski definition) is 0. The molecule has 1 aliphatic carbocycles. The second kappa shape index (κ2) is 5.64. The predicted molar refractivity (Wildman–Crippen MR) is 85.9 cm³/mol. The summed E-state index contributed by atoms with van der Waals surface area (Å²) >= 11 is 0. The van der Waals surface area contributed by atoms with Crippen molar-refractivity contribution < 1.29 is 9.47 Å². The molecule has 1 unspecified atom stereocenters. The number of benzene rings is 1. The molecule has 116 valence electrons. The molecule has 2 fully saturated rings. The molecule has 0 N–H and O–H groups in total. The lowest BCUT2D eigenvalue weighted by Crippen LogP contribution is -2.41. The first-order valence-corrected chi connectivity index (χ1v) is 8.39. The molecule has 1 aromatic carbocycles. The largest absolute Gasteiger partial charge is 0.490 e. The predicted octanol–water partition coefficient (Wildman–Crippen LogP) is 4.85. The Morgan fingerprint density at radius 2 is 1.86 bits per heavy atom. The Labute approximate surface area is 128 Å². The van der Waals surface area contributed by atoms with Crippen LogP contribution in [0.5, 0.6) is 5.75 Å². The van der Waals surface area contributed by atoms with Crippen LogP contribution in [0.15, 0.2) is 24.3 Å². The van der Waals surface area contributed by atoms with Gasteiger partial charge in [0.1, 0.15) is 11.9 Å². The smallest absolute Gasteiger partial charge is 0.123 e. The number of ether oxygens (including phenoxy) is 2. The van der Waals surface area contributed by atoms with Gasteiger partial charge < -0.3 is 9.47 Å². The summed E-state index contributed by atoms with van der Waals surface area (Å²) in [5.74, 6) is 1.06. The van der Waals surface area contributed by atoms with Crippen molar-refractivity contribution >= 4 is 0 Å². The summed E-state index contributed by atoms with van der Waals surface area (Å²) in [5.41, 5.74) is 1.55. The molecule has 2 nitrogen and oxygen atoms in total. The van der Waals surface area contributed by atoms with E-state index in [0.29, 0.717) is 6.10 Å². The number of para-hydroxylation sites is 1. The lowest BCUT2D eigenvalue weighted by Gasteiger charge is -2.38. The molecular weight excluding hydrogens is 260 g/mol. The van der Waals surface area contributed by atoms with Gasteiger partial charge in [-0.2, -0.15) is 0 Å². The molecule has 1 spiro atoms. The molecule has 0 amide bonds. The van der Waals surface area contributed by atoms with Crippen molar-refractivity contribution in [2.24, 2.45) is 0 Å². The Balaban J connectivity index is 1.75. The Morgan fingerprint density at radius 3 is 2.57 bits per heavy atom. The van der Waals surface area contributed by atoms with Crippen molar-refractivity contribution in [2.45, 2.75) is 76.4 Å². The summed E-state index contributed by atoms with van der Waals surface area (Å²) in [5, 5.41) is 0. The fourth-order valence-electron chi connectivity index (χ4n) is 3.82. The Bertz CT molecular complexity index is 481. The summed E-state index contributed by atoms with van der Waals surface area (Å²) < 4.78 is 12.5. The zero-order valence-corrected chi connectivity index (χ0v) is 13.7. The molecule has 0 bridgehead atoms. The maximum absolute atomic E-state index is 6.42. The Kier molecular flexibility index (Phi) is 4.00. The minimum absolute atomic E-state index is 0.118. The molecule has 21 heavy (non-hydrogen) atoms. The van der Waals surface area contributed by atoms with Gasteiger partial charge in [-0.05, 0) is 29.9 Å². The third-order valence-electron chi connectivity index (χ3n) is 4.95. The molecule has 0 aromatic heterocycles. The Hall–Kier alpha value is -1.02. The van der Waals surface area contributed by atoms with Crippen LogP contribution < -0.4 is 4.74 Å². The van der Waals surface area contributed by atoms with E-state index >= 15 is 0 Å². The monoisotopic (exact) mass is 288 g/mol. The van der Waals surface area contributed by atoms with E-state index in [1.807, 2.05) is 0 Å². The van der Waals surface area contributed by atoms with Crippen LogP contribution in [0.3, 0.4) is 0 Å². The molecule has 1 heterocycles. The highest BCUT2D eigenvalue weighted by molar-refractivity contribution is 5.38. The molecule has 2 heteroatoms. The fourth-order valence-corrected chi connectivity index (χ4v) is 3.82. The van der Waals surface area contributed by atoms with Crippen molar-refractivity contribution in [3.05, 3.63) is 29.8 Å². The lowest BCUT2D eigenvalue weighted by atomic mass is 9.86.